The van der Waals surface area contributed by atoms with E-state index in [0.717, 1.165) is 15.5 Å². The van der Waals surface area contributed by atoms with Gasteiger partial charge in [-0.2, -0.15) is 13.2 Å². The standard InChI is InChI=1S/C32H34F3N7O3/c1-18(2)37-20-11-12-41(28(43)17-42-26-15-21(44-3)9-10-24(26)40-31(42)32(33,34)35)27(14-20)29-36-16-25(38-29)22-13-19-7-5-6-8-23(19)39-30(22)45-4/h5-10,13,15-16,18,20,27,37H,11-12,14,17H2,1-4H3,(H,36,38)/t20-,27-/m0/s1. The number of imidazole rings is 2. The number of alkyl halides is 3. The maximum atomic E-state index is 14.1. The molecule has 2 atom stereocenters. The number of methoxy groups -OCH3 is 2. The third-order valence-corrected chi connectivity index (χ3v) is 8.08. The van der Waals surface area contributed by atoms with Gasteiger partial charge in [0.1, 0.15) is 18.1 Å². The zero-order valence-electron chi connectivity index (χ0n) is 25.4. The first-order valence-electron chi connectivity index (χ1n) is 14.7. The summed E-state index contributed by atoms with van der Waals surface area (Å²) < 4.78 is 54.1. The van der Waals surface area contributed by atoms with Gasteiger partial charge in [-0.25, -0.2) is 15.0 Å². The van der Waals surface area contributed by atoms with E-state index in [9.17, 15) is 18.0 Å². The number of carbonyl (C=O) groups is 1. The molecule has 2 N–H and O–H groups in total. The lowest BCUT2D eigenvalue weighted by molar-refractivity contribution is -0.148. The van der Waals surface area contributed by atoms with Gasteiger partial charge >= 0.3 is 6.18 Å². The number of H-pyrrole nitrogens is 1. The third-order valence-electron chi connectivity index (χ3n) is 8.08. The van der Waals surface area contributed by atoms with E-state index in [1.807, 2.05) is 44.2 Å². The number of aromatic amines is 1. The number of carbonyl (C=O) groups excluding carboxylic acids is 1. The molecule has 6 rings (SSSR count). The maximum absolute atomic E-state index is 14.1. The van der Waals surface area contributed by atoms with Gasteiger partial charge in [-0.1, -0.05) is 32.0 Å². The molecule has 2 aromatic carbocycles. The molecule has 0 bridgehead atoms. The van der Waals surface area contributed by atoms with Crippen LogP contribution in [-0.2, 0) is 17.5 Å². The summed E-state index contributed by atoms with van der Waals surface area (Å²) in [6.45, 7) is 3.89. The van der Waals surface area contributed by atoms with Gasteiger partial charge in [-0.15, -0.1) is 0 Å². The van der Waals surface area contributed by atoms with Crippen molar-refractivity contribution in [2.45, 2.75) is 57.5 Å². The van der Waals surface area contributed by atoms with E-state index < -0.39 is 30.5 Å². The number of benzene rings is 2. The lowest BCUT2D eigenvalue weighted by Crippen LogP contribution is -2.49. The summed E-state index contributed by atoms with van der Waals surface area (Å²) in [4.78, 5) is 32.1. The Hall–Kier alpha value is -4.65. The number of piperidine rings is 1. The smallest absolute Gasteiger partial charge is 0.449 e. The van der Waals surface area contributed by atoms with Crippen LogP contribution in [0.1, 0.15) is 44.4 Å². The Balaban J connectivity index is 1.36. The minimum Gasteiger partial charge on any atom is -0.497 e. The lowest BCUT2D eigenvalue weighted by Gasteiger charge is -2.39. The fourth-order valence-electron chi connectivity index (χ4n) is 6.07. The second kappa shape index (κ2) is 12.0. The van der Waals surface area contributed by atoms with E-state index in [2.05, 4.69) is 25.3 Å². The van der Waals surface area contributed by atoms with Crippen molar-refractivity contribution in [2.24, 2.45) is 0 Å². The van der Waals surface area contributed by atoms with E-state index in [4.69, 9.17) is 9.47 Å². The van der Waals surface area contributed by atoms with E-state index in [-0.39, 0.29) is 23.1 Å². The topological polar surface area (TPSA) is 110 Å². The number of rotatable bonds is 8. The van der Waals surface area contributed by atoms with Crippen LogP contribution in [0.4, 0.5) is 13.2 Å². The second-order valence-electron chi connectivity index (χ2n) is 11.4. The largest absolute Gasteiger partial charge is 0.497 e. The minimum atomic E-state index is -4.76. The van der Waals surface area contributed by atoms with Gasteiger partial charge in [0.2, 0.25) is 17.6 Å². The van der Waals surface area contributed by atoms with Gasteiger partial charge in [0.05, 0.1) is 54.3 Å². The first-order valence-corrected chi connectivity index (χ1v) is 14.7. The molecule has 0 radical (unpaired) electrons. The molecule has 0 spiro atoms. The molecule has 0 unspecified atom stereocenters. The molecular formula is C32H34F3N7O3. The molecule has 3 aromatic heterocycles. The van der Waals surface area contributed by atoms with Gasteiger partial charge in [0.15, 0.2) is 0 Å². The first kappa shape index (κ1) is 30.4. The minimum absolute atomic E-state index is 0.0774. The molecule has 1 aliphatic heterocycles. The molecule has 45 heavy (non-hydrogen) atoms. The van der Waals surface area contributed by atoms with Crippen LogP contribution >= 0.6 is 0 Å². The Morgan fingerprint density at radius 2 is 1.89 bits per heavy atom. The molecule has 0 saturated carbocycles. The van der Waals surface area contributed by atoms with Crippen LogP contribution in [0.25, 0.3) is 33.2 Å². The summed E-state index contributed by atoms with van der Waals surface area (Å²) >= 11 is 0. The molecule has 236 valence electrons. The monoisotopic (exact) mass is 621 g/mol. The van der Waals surface area contributed by atoms with Gasteiger partial charge in [-0.05, 0) is 37.1 Å². The molecule has 10 nitrogen and oxygen atoms in total. The Kier molecular flexibility index (Phi) is 8.12. The lowest BCUT2D eigenvalue weighted by atomic mass is 9.95. The van der Waals surface area contributed by atoms with Gasteiger partial charge in [0.25, 0.3) is 0 Å². The van der Waals surface area contributed by atoms with Crippen molar-refractivity contribution in [3.63, 3.8) is 0 Å². The number of aromatic nitrogens is 5. The predicted octanol–water partition coefficient (Wildman–Crippen LogP) is 5.74. The van der Waals surface area contributed by atoms with Crippen molar-refractivity contribution in [2.75, 3.05) is 20.8 Å². The fraction of sp³-hybridized carbons (Fsp3) is 0.375. The van der Waals surface area contributed by atoms with Crippen molar-refractivity contribution in [1.29, 1.82) is 0 Å². The molecule has 1 aliphatic rings. The van der Waals surface area contributed by atoms with Crippen LogP contribution in [0, 0.1) is 0 Å². The van der Waals surface area contributed by atoms with Crippen molar-refractivity contribution < 1.29 is 27.4 Å². The van der Waals surface area contributed by atoms with Crippen molar-refractivity contribution in [1.82, 2.24) is 34.7 Å². The second-order valence-corrected chi connectivity index (χ2v) is 11.4. The molecule has 1 amide bonds. The van der Waals surface area contributed by atoms with E-state index in [1.54, 1.807) is 24.3 Å². The number of pyridine rings is 1. The highest BCUT2D eigenvalue weighted by Gasteiger charge is 2.40. The summed E-state index contributed by atoms with van der Waals surface area (Å²) in [5.41, 5.74) is 2.43. The highest BCUT2D eigenvalue weighted by atomic mass is 19.4. The molecule has 5 aromatic rings. The van der Waals surface area contributed by atoms with Crippen LogP contribution in [0.3, 0.4) is 0 Å². The SMILES string of the molecule is COc1ccc2nc(C(F)(F)F)n(CC(=O)N3CC[C@H](NC(C)C)C[C@H]3c3ncc(-c4cc5ccccc5nc4OC)[nH]3)c2c1. The number of likely N-dealkylation sites (tertiary alicyclic amines) is 1. The number of nitrogens with zero attached hydrogens (tertiary/aromatic N) is 5. The number of ether oxygens (including phenoxy) is 2. The number of hydrogen-bond donors (Lipinski definition) is 2. The maximum Gasteiger partial charge on any atom is 0.449 e. The summed E-state index contributed by atoms with van der Waals surface area (Å²) in [6.07, 6.45) is -1.93. The molecule has 1 saturated heterocycles. The van der Waals surface area contributed by atoms with Gasteiger partial charge < -0.3 is 29.2 Å². The predicted molar refractivity (Wildman–Crippen MR) is 163 cm³/mol. The Morgan fingerprint density at radius 1 is 1.09 bits per heavy atom. The van der Waals surface area contributed by atoms with Crippen molar-refractivity contribution in [3.8, 4) is 22.9 Å². The number of amides is 1. The van der Waals surface area contributed by atoms with Crippen LogP contribution in [-0.4, -0.2) is 68.2 Å². The molecule has 13 heteroatoms. The number of fused-ring (bicyclic) bond motifs is 2. The van der Waals surface area contributed by atoms with Crippen LogP contribution in [0.2, 0.25) is 0 Å². The first-order chi connectivity index (χ1) is 21.5. The van der Waals surface area contributed by atoms with Crippen molar-refractivity contribution >= 4 is 27.8 Å². The van der Waals surface area contributed by atoms with Crippen LogP contribution in [0.15, 0.2) is 54.7 Å². The summed E-state index contributed by atoms with van der Waals surface area (Å²) in [6, 6.07) is 13.9. The Bertz CT molecular complexity index is 1850. The van der Waals surface area contributed by atoms with E-state index >= 15 is 0 Å². The number of para-hydroxylation sites is 1. The molecule has 0 aliphatic carbocycles. The van der Waals surface area contributed by atoms with Crippen LogP contribution in [0.5, 0.6) is 11.6 Å². The number of halogens is 3. The average Bonchev–Trinajstić information content (AvgIpc) is 3.65. The van der Waals surface area contributed by atoms with Gasteiger partial charge in [0, 0.05) is 30.1 Å². The average molecular weight is 622 g/mol. The number of nitrogens with one attached hydrogen (secondary N) is 2. The molecule has 1 fully saturated rings. The zero-order valence-corrected chi connectivity index (χ0v) is 25.4. The van der Waals surface area contributed by atoms with E-state index in [0.29, 0.717) is 48.1 Å². The van der Waals surface area contributed by atoms with Crippen molar-refractivity contribution in [3.05, 3.63) is 66.4 Å². The Morgan fingerprint density at radius 3 is 2.62 bits per heavy atom. The highest BCUT2D eigenvalue weighted by Crippen LogP contribution is 2.36. The third kappa shape index (κ3) is 6.04. The quantitative estimate of drug-likeness (QED) is 0.227. The van der Waals surface area contributed by atoms with Crippen LogP contribution < -0.4 is 14.8 Å². The summed E-state index contributed by atoms with van der Waals surface area (Å²) in [5, 5.41) is 4.46. The molecular weight excluding hydrogens is 587 g/mol. The van der Waals surface area contributed by atoms with E-state index in [1.165, 1.54) is 19.2 Å². The number of hydrogen-bond acceptors (Lipinski definition) is 7. The zero-order chi connectivity index (χ0) is 31.9. The van der Waals surface area contributed by atoms with Gasteiger partial charge in [-0.3, -0.25) is 4.79 Å². The fourth-order valence-corrected chi connectivity index (χ4v) is 6.07. The summed E-state index contributed by atoms with van der Waals surface area (Å²) in [7, 11) is 2.98. The highest BCUT2D eigenvalue weighted by molar-refractivity contribution is 5.85. The summed E-state index contributed by atoms with van der Waals surface area (Å²) in [5.74, 6) is -0.300. The normalized spacial score (nSPS) is 17.4. The Labute approximate surface area is 257 Å². The molecule has 4 heterocycles.